The molecule has 2 fully saturated rings. The van der Waals surface area contributed by atoms with Gasteiger partial charge in [0.2, 0.25) is 17.7 Å². The van der Waals surface area contributed by atoms with Crippen molar-refractivity contribution in [2.75, 3.05) is 26.2 Å². The molecule has 43 heavy (non-hydrogen) atoms. The van der Waals surface area contributed by atoms with Crippen LogP contribution in [0.1, 0.15) is 43.7 Å². The molecule has 3 amide bonds. The van der Waals surface area contributed by atoms with Crippen molar-refractivity contribution >= 4 is 17.7 Å². The Morgan fingerprint density at radius 3 is 1.98 bits per heavy atom. The van der Waals surface area contributed by atoms with E-state index in [0.29, 0.717) is 52.0 Å². The van der Waals surface area contributed by atoms with Crippen LogP contribution in [0, 0.1) is 11.8 Å². The molecule has 0 bridgehead atoms. The van der Waals surface area contributed by atoms with Crippen LogP contribution in [0.4, 0.5) is 0 Å². The van der Waals surface area contributed by atoms with Crippen LogP contribution in [-0.2, 0) is 32.2 Å². The molecule has 4 heterocycles. The van der Waals surface area contributed by atoms with Crippen LogP contribution in [0.25, 0.3) is 0 Å². The molecule has 4 aliphatic rings. The van der Waals surface area contributed by atoms with Gasteiger partial charge in [-0.15, -0.1) is 0 Å². The van der Waals surface area contributed by atoms with Crippen molar-refractivity contribution in [2.24, 2.45) is 11.8 Å². The summed E-state index contributed by atoms with van der Waals surface area (Å²) < 4.78 is 7.07. The number of hydrogen-bond donors (Lipinski definition) is 1. The maximum Gasteiger partial charge on any atom is 0.249 e. The van der Waals surface area contributed by atoms with Crippen molar-refractivity contribution in [3.63, 3.8) is 0 Å². The van der Waals surface area contributed by atoms with E-state index in [1.54, 1.807) is 9.80 Å². The number of rotatable bonds is 10. The summed E-state index contributed by atoms with van der Waals surface area (Å²) in [7, 11) is 0. The van der Waals surface area contributed by atoms with Crippen LogP contribution in [-0.4, -0.2) is 81.0 Å². The number of aliphatic hydroxyl groups excluding tert-OH is 1. The summed E-state index contributed by atoms with van der Waals surface area (Å²) in [5.41, 5.74) is -0.229. The van der Waals surface area contributed by atoms with Crippen molar-refractivity contribution < 1.29 is 24.2 Å². The molecule has 0 radical (unpaired) electrons. The van der Waals surface area contributed by atoms with Gasteiger partial charge in [0.1, 0.15) is 11.6 Å². The summed E-state index contributed by atoms with van der Waals surface area (Å²) in [6, 6.07) is 18.8. The first-order chi connectivity index (χ1) is 20.9. The number of fused-ring (bicyclic) bond motifs is 2. The SMILES string of the molecule is CC[C@@]12C=CCN(Cc3ccccc3)C(=O)[C@@H]1[C@H]1C(=O)N(CCCCCO)C3C(=O)N(Cc4ccccc4)CC=C[C@@]31O2. The number of unbranched alkanes of at least 4 members (excludes halogenated alkanes) is 2. The van der Waals surface area contributed by atoms with Crippen LogP contribution in [0.5, 0.6) is 0 Å². The minimum Gasteiger partial charge on any atom is -0.396 e. The minimum atomic E-state index is -1.26. The Morgan fingerprint density at radius 1 is 0.767 bits per heavy atom. The lowest BCUT2D eigenvalue weighted by molar-refractivity contribution is -0.154. The molecule has 1 N–H and O–H groups in total. The van der Waals surface area contributed by atoms with Gasteiger partial charge in [-0.1, -0.05) is 91.9 Å². The zero-order valence-corrected chi connectivity index (χ0v) is 24.8. The van der Waals surface area contributed by atoms with E-state index in [1.807, 2.05) is 96.8 Å². The smallest absolute Gasteiger partial charge is 0.249 e. The first kappa shape index (κ1) is 29.3. The van der Waals surface area contributed by atoms with Crippen LogP contribution in [0.3, 0.4) is 0 Å². The van der Waals surface area contributed by atoms with E-state index < -0.39 is 29.1 Å². The monoisotopic (exact) mass is 583 g/mol. The van der Waals surface area contributed by atoms with Crippen molar-refractivity contribution in [1.82, 2.24) is 14.7 Å². The molecule has 0 saturated carbocycles. The number of amides is 3. The first-order valence-corrected chi connectivity index (χ1v) is 15.6. The minimum absolute atomic E-state index is 0.0821. The Balaban J connectivity index is 1.39. The first-order valence-electron chi connectivity index (χ1n) is 15.6. The molecule has 8 heteroatoms. The molecule has 5 atom stereocenters. The van der Waals surface area contributed by atoms with Crippen LogP contribution in [0.2, 0.25) is 0 Å². The van der Waals surface area contributed by atoms with Gasteiger partial charge in [-0.2, -0.15) is 0 Å². The molecule has 2 aromatic carbocycles. The van der Waals surface area contributed by atoms with Crippen LogP contribution < -0.4 is 0 Å². The third-order valence-electron chi connectivity index (χ3n) is 9.60. The highest BCUT2D eigenvalue weighted by atomic mass is 16.5. The Bertz CT molecular complexity index is 1390. The Hall–Kier alpha value is -3.75. The van der Waals surface area contributed by atoms with Gasteiger partial charge in [0.05, 0.1) is 17.4 Å². The van der Waals surface area contributed by atoms with E-state index >= 15 is 0 Å². The summed E-state index contributed by atoms with van der Waals surface area (Å²) in [5.74, 6) is -2.04. The average molecular weight is 584 g/mol. The molecule has 4 aliphatic heterocycles. The lowest BCUT2D eigenvalue weighted by Gasteiger charge is -2.38. The molecule has 2 aromatic rings. The highest BCUT2D eigenvalue weighted by Gasteiger charge is 2.75. The summed E-state index contributed by atoms with van der Waals surface area (Å²) >= 11 is 0. The fourth-order valence-electron chi connectivity index (χ4n) is 7.56. The fourth-order valence-corrected chi connectivity index (χ4v) is 7.56. The fraction of sp³-hybridized carbons (Fsp3) is 0.457. The van der Waals surface area contributed by atoms with E-state index in [1.165, 1.54) is 0 Å². The zero-order chi connectivity index (χ0) is 30.0. The Morgan fingerprint density at radius 2 is 1.37 bits per heavy atom. The molecule has 8 nitrogen and oxygen atoms in total. The standard InChI is InChI=1S/C35H41N3O5/c1-2-34-18-12-20-36(24-26-14-6-3-7-15-26)31(40)28(34)29-32(41)38(22-10-5-11-23-39)30-33(42)37(21-13-19-35(29,30)43-34)25-27-16-8-4-9-17-27/h3-4,6-9,12-19,28-30,39H,2,5,10-11,20-25H2,1H3/t28-,29-,30?,34+,35-/m0/s1. The normalized spacial score (nSPS) is 29.9. The second-order valence-electron chi connectivity index (χ2n) is 12.2. The molecule has 2 saturated heterocycles. The summed E-state index contributed by atoms with van der Waals surface area (Å²) in [6.45, 7) is 4.11. The quantitative estimate of drug-likeness (QED) is 0.340. The molecular weight excluding hydrogens is 542 g/mol. The van der Waals surface area contributed by atoms with E-state index in [2.05, 4.69) is 0 Å². The van der Waals surface area contributed by atoms with Gasteiger partial charge in [-0.3, -0.25) is 14.4 Å². The van der Waals surface area contributed by atoms with Gasteiger partial charge in [0.15, 0.2) is 0 Å². The summed E-state index contributed by atoms with van der Waals surface area (Å²) in [5, 5.41) is 9.33. The number of carbonyl (C=O) groups is 3. The lowest BCUT2D eigenvalue weighted by Crippen LogP contribution is -2.56. The van der Waals surface area contributed by atoms with Crippen molar-refractivity contribution in [1.29, 1.82) is 0 Å². The van der Waals surface area contributed by atoms with Gasteiger partial charge in [-0.05, 0) is 36.8 Å². The lowest BCUT2D eigenvalue weighted by atomic mass is 9.73. The maximum atomic E-state index is 14.6. The second-order valence-corrected chi connectivity index (χ2v) is 12.2. The number of likely N-dealkylation sites (tertiary alicyclic amines) is 1. The predicted octanol–water partition coefficient (Wildman–Crippen LogP) is 3.71. The number of nitrogens with zero attached hydrogens (tertiary/aromatic N) is 3. The molecule has 0 aliphatic carbocycles. The average Bonchev–Trinajstić information content (AvgIpc) is 3.32. The molecule has 1 spiro atoms. The third kappa shape index (κ3) is 5.10. The van der Waals surface area contributed by atoms with Gasteiger partial charge in [0.25, 0.3) is 0 Å². The zero-order valence-electron chi connectivity index (χ0n) is 24.8. The van der Waals surface area contributed by atoms with Gasteiger partial charge in [0, 0.05) is 39.3 Å². The van der Waals surface area contributed by atoms with Crippen molar-refractivity contribution in [3.05, 3.63) is 96.1 Å². The summed E-state index contributed by atoms with van der Waals surface area (Å²) in [6.07, 6.45) is 10.4. The van der Waals surface area contributed by atoms with Crippen molar-refractivity contribution in [2.45, 2.75) is 62.9 Å². The van der Waals surface area contributed by atoms with Gasteiger partial charge >= 0.3 is 0 Å². The molecule has 1 unspecified atom stereocenters. The number of carbonyl (C=O) groups excluding carboxylic acids is 3. The van der Waals surface area contributed by atoms with Crippen molar-refractivity contribution in [3.8, 4) is 0 Å². The maximum absolute atomic E-state index is 14.6. The van der Waals surface area contributed by atoms with E-state index in [9.17, 15) is 19.5 Å². The number of benzene rings is 2. The van der Waals surface area contributed by atoms with E-state index in [0.717, 1.165) is 17.5 Å². The number of hydrogen-bond acceptors (Lipinski definition) is 5. The van der Waals surface area contributed by atoms with Crippen LogP contribution in [0.15, 0.2) is 85.0 Å². The van der Waals surface area contributed by atoms with E-state index in [4.69, 9.17) is 4.74 Å². The second kappa shape index (κ2) is 12.1. The number of ether oxygens (including phenoxy) is 1. The highest BCUT2D eigenvalue weighted by molar-refractivity contribution is 6.00. The number of aliphatic hydroxyl groups is 1. The van der Waals surface area contributed by atoms with Gasteiger partial charge < -0.3 is 24.5 Å². The third-order valence-corrected chi connectivity index (χ3v) is 9.60. The van der Waals surface area contributed by atoms with Gasteiger partial charge in [-0.25, -0.2) is 0 Å². The summed E-state index contributed by atoms with van der Waals surface area (Å²) in [4.78, 5) is 48.9. The highest BCUT2D eigenvalue weighted by Crippen LogP contribution is 2.58. The predicted molar refractivity (Wildman–Crippen MR) is 162 cm³/mol. The Labute approximate surface area is 253 Å². The van der Waals surface area contributed by atoms with Crippen LogP contribution >= 0.6 is 0 Å². The Kier molecular flexibility index (Phi) is 8.25. The molecule has 226 valence electrons. The molecule has 6 rings (SSSR count). The topological polar surface area (TPSA) is 90.4 Å². The molecule has 0 aromatic heterocycles. The van der Waals surface area contributed by atoms with E-state index in [-0.39, 0.29) is 24.3 Å². The largest absolute Gasteiger partial charge is 0.396 e. The molecular formula is C35H41N3O5.